The van der Waals surface area contributed by atoms with Gasteiger partial charge in [0.1, 0.15) is 0 Å². The number of hydrogen-bond acceptors (Lipinski definition) is 1. The molecular formula is C35H33N. The summed E-state index contributed by atoms with van der Waals surface area (Å²) in [5, 5.41) is 0. The fourth-order valence-corrected chi connectivity index (χ4v) is 4.76. The van der Waals surface area contributed by atoms with Gasteiger partial charge in [0.15, 0.2) is 0 Å². The number of hydrogen-bond donors (Lipinski definition) is 0. The molecule has 36 heavy (non-hydrogen) atoms. The van der Waals surface area contributed by atoms with Crippen molar-refractivity contribution in [2.75, 3.05) is 4.90 Å². The average Bonchev–Trinajstić information content (AvgIpc) is 2.95. The van der Waals surface area contributed by atoms with Crippen molar-refractivity contribution in [1.29, 1.82) is 0 Å². The van der Waals surface area contributed by atoms with Crippen LogP contribution >= 0.6 is 0 Å². The Morgan fingerprint density at radius 3 is 2.03 bits per heavy atom. The van der Waals surface area contributed by atoms with Gasteiger partial charge in [0.05, 0.1) is 0 Å². The van der Waals surface area contributed by atoms with Crippen molar-refractivity contribution in [2.24, 2.45) is 0 Å². The van der Waals surface area contributed by atoms with E-state index in [0.29, 0.717) is 0 Å². The SMILES string of the molecule is CC1=C(c2ccc(-c3ccc(N(/C=C/C=C\C4=CC=CCC4)c4ccccc4)cc3)cc2)C=CCC1. The third kappa shape index (κ3) is 5.75. The summed E-state index contributed by atoms with van der Waals surface area (Å²) < 4.78 is 0. The van der Waals surface area contributed by atoms with Crippen LogP contribution in [0.1, 0.15) is 38.2 Å². The van der Waals surface area contributed by atoms with Crippen LogP contribution in [0.4, 0.5) is 11.4 Å². The fraction of sp³-hybridized carbons (Fsp3) is 0.143. The third-order valence-corrected chi connectivity index (χ3v) is 6.84. The maximum atomic E-state index is 2.28. The molecule has 0 fully saturated rings. The van der Waals surface area contributed by atoms with Crippen molar-refractivity contribution in [2.45, 2.75) is 32.6 Å². The molecule has 2 aliphatic rings. The molecule has 0 heterocycles. The summed E-state index contributed by atoms with van der Waals surface area (Å²) in [6, 6.07) is 28.3. The lowest BCUT2D eigenvalue weighted by Gasteiger charge is -2.21. The van der Waals surface area contributed by atoms with Crippen LogP contribution in [-0.2, 0) is 0 Å². The summed E-state index contributed by atoms with van der Waals surface area (Å²) in [5.74, 6) is 0. The first-order valence-corrected chi connectivity index (χ1v) is 12.9. The molecule has 0 saturated heterocycles. The van der Waals surface area contributed by atoms with E-state index in [1.165, 1.54) is 33.4 Å². The smallest absolute Gasteiger partial charge is 0.0455 e. The highest BCUT2D eigenvalue weighted by molar-refractivity contribution is 5.79. The molecule has 0 atom stereocenters. The minimum absolute atomic E-state index is 1.11. The highest BCUT2D eigenvalue weighted by Gasteiger charge is 2.09. The average molecular weight is 468 g/mol. The zero-order valence-corrected chi connectivity index (χ0v) is 21.0. The molecule has 0 unspecified atom stereocenters. The van der Waals surface area contributed by atoms with E-state index in [0.717, 1.165) is 37.1 Å². The van der Waals surface area contributed by atoms with E-state index in [2.05, 4.69) is 145 Å². The first kappa shape index (κ1) is 23.6. The van der Waals surface area contributed by atoms with E-state index in [-0.39, 0.29) is 0 Å². The third-order valence-electron chi connectivity index (χ3n) is 6.84. The number of allylic oxidation sites excluding steroid dienone is 11. The summed E-state index contributed by atoms with van der Waals surface area (Å²) in [6.07, 6.45) is 24.3. The van der Waals surface area contributed by atoms with E-state index < -0.39 is 0 Å². The maximum absolute atomic E-state index is 2.28. The van der Waals surface area contributed by atoms with E-state index in [1.54, 1.807) is 0 Å². The molecule has 0 N–H and O–H groups in total. The number of nitrogens with zero attached hydrogens (tertiary/aromatic N) is 1. The maximum Gasteiger partial charge on any atom is 0.0455 e. The first-order valence-electron chi connectivity index (χ1n) is 12.9. The molecule has 0 bridgehead atoms. The number of anilines is 2. The Labute approximate surface area is 215 Å². The highest BCUT2D eigenvalue weighted by atomic mass is 15.1. The van der Waals surface area contributed by atoms with Crippen molar-refractivity contribution in [1.82, 2.24) is 0 Å². The van der Waals surface area contributed by atoms with Gasteiger partial charge in [0.25, 0.3) is 0 Å². The second kappa shape index (κ2) is 11.6. The monoisotopic (exact) mass is 467 g/mol. The van der Waals surface area contributed by atoms with E-state index >= 15 is 0 Å². The van der Waals surface area contributed by atoms with Crippen LogP contribution < -0.4 is 4.90 Å². The van der Waals surface area contributed by atoms with E-state index in [1.807, 2.05) is 0 Å². The minimum atomic E-state index is 1.11. The molecule has 1 heteroatoms. The van der Waals surface area contributed by atoms with Gasteiger partial charge >= 0.3 is 0 Å². The predicted octanol–water partition coefficient (Wildman–Crippen LogP) is 9.96. The van der Waals surface area contributed by atoms with E-state index in [9.17, 15) is 0 Å². The lowest BCUT2D eigenvalue weighted by molar-refractivity contribution is 0.967. The van der Waals surface area contributed by atoms with Gasteiger partial charge in [-0.1, -0.05) is 103 Å². The van der Waals surface area contributed by atoms with Crippen molar-refractivity contribution in [3.8, 4) is 11.1 Å². The molecule has 0 saturated carbocycles. The van der Waals surface area contributed by atoms with Gasteiger partial charge in [-0.2, -0.15) is 0 Å². The Morgan fingerprint density at radius 1 is 0.667 bits per heavy atom. The van der Waals surface area contributed by atoms with Crippen molar-refractivity contribution in [3.63, 3.8) is 0 Å². The standard InChI is InChI=1S/C35H33N/c1-28-12-8-9-18-35(28)32-21-19-30(20-22-32)31-23-25-34(26-24-31)36(33-16-6-3-7-17-33)27-11-10-15-29-13-4-2-5-14-29/h2-4,6-7,9-11,13,15-27H,5,8,12,14H2,1H3/b15-10-,27-11+. The van der Waals surface area contributed by atoms with Crippen LogP contribution in [-0.4, -0.2) is 0 Å². The van der Waals surface area contributed by atoms with E-state index in [4.69, 9.17) is 0 Å². The van der Waals surface area contributed by atoms with Crippen LogP contribution in [0.3, 0.4) is 0 Å². The molecule has 0 aromatic heterocycles. The molecule has 178 valence electrons. The fourth-order valence-electron chi connectivity index (χ4n) is 4.76. The highest BCUT2D eigenvalue weighted by Crippen LogP contribution is 2.31. The Bertz CT molecular complexity index is 1340. The normalized spacial score (nSPS) is 15.6. The topological polar surface area (TPSA) is 3.24 Å². The Kier molecular flexibility index (Phi) is 7.58. The molecular weight excluding hydrogens is 434 g/mol. The molecule has 0 radical (unpaired) electrons. The van der Waals surface area contributed by atoms with Crippen LogP contribution in [0.2, 0.25) is 0 Å². The van der Waals surface area contributed by atoms with Crippen molar-refractivity contribution >= 4 is 16.9 Å². The molecule has 0 aliphatic heterocycles. The molecule has 0 amide bonds. The summed E-state index contributed by atoms with van der Waals surface area (Å²) in [6.45, 7) is 2.25. The molecule has 0 spiro atoms. The largest absolute Gasteiger partial charge is 0.317 e. The quantitative estimate of drug-likeness (QED) is 0.312. The zero-order chi connectivity index (χ0) is 24.6. The second-order valence-electron chi connectivity index (χ2n) is 9.37. The lowest BCUT2D eigenvalue weighted by atomic mass is 9.92. The molecule has 3 aromatic carbocycles. The van der Waals surface area contributed by atoms with Crippen LogP contribution in [0.5, 0.6) is 0 Å². The van der Waals surface area contributed by atoms with Gasteiger partial charge in [-0.3, -0.25) is 0 Å². The van der Waals surface area contributed by atoms with Crippen LogP contribution in [0.15, 0.2) is 145 Å². The van der Waals surface area contributed by atoms with Crippen LogP contribution in [0.25, 0.3) is 16.7 Å². The Balaban J connectivity index is 1.35. The summed E-state index contributed by atoms with van der Waals surface area (Å²) >= 11 is 0. The number of benzene rings is 3. The van der Waals surface area contributed by atoms with Gasteiger partial charge in [-0.25, -0.2) is 0 Å². The van der Waals surface area contributed by atoms with Gasteiger partial charge in [0, 0.05) is 17.6 Å². The second-order valence-corrected chi connectivity index (χ2v) is 9.37. The minimum Gasteiger partial charge on any atom is -0.317 e. The predicted molar refractivity (Wildman–Crippen MR) is 156 cm³/mol. The molecule has 1 nitrogen and oxygen atoms in total. The Hall–Kier alpha value is -4.10. The number of para-hydroxylation sites is 1. The summed E-state index contributed by atoms with van der Waals surface area (Å²) in [5.41, 5.74) is 10.3. The molecule has 2 aliphatic carbocycles. The van der Waals surface area contributed by atoms with Crippen molar-refractivity contribution in [3.05, 3.63) is 150 Å². The summed E-state index contributed by atoms with van der Waals surface area (Å²) in [4.78, 5) is 2.23. The van der Waals surface area contributed by atoms with Gasteiger partial charge < -0.3 is 4.90 Å². The summed E-state index contributed by atoms with van der Waals surface area (Å²) in [7, 11) is 0. The Morgan fingerprint density at radius 2 is 1.33 bits per heavy atom. The zero-order valence-electron chi connectivity index (χ0n) is 21.0. The lowest BCUT2D eigenvalue weighted by Crippen LogP contribution is -2.07. The first-order chi connectivity index (χ1) is 17.8. The molecule has 5 rings (SSSR count). The molecule has 3 aromatic rings. The van der Waals surface area contributed by atoms with Gasteiger partial charge in [0.2, 0.25) is 0 Å². The number of rotatable bonds is 7. The van der Waals surface area contributed by atoms with Gasteiger partial charge in [-0.05, 0) is 90.8 Å². The van der Waals surface area contributed by atoms with Crippen molar-refractivity contribution < 1.29 is 0 Å². The van der Waals surface area contributed by atoms with Gasteiger partial charge in [-0.15, -0.1) is 0 Å². The van der Waals surface area contributed by atoms with Crippen LogP contribution in [0, 0.1) is 0 Å².